The number of amides is 2. The number of carbonyl (C=O) groups excluding carboxylic acids is 2. The zero-order valence-electron chi connectivity index (χ0n) is 17.9. The first-order valence-electron chi connectivity index (χ1n) is 10.5. The lowest BCUT2D eigenvalue weighted by atomic mass is 9.99. The van der Waals surface area contributed by atoms with E-state index in [-0.39, 0.29) is 36.0 Å². The van der Waals surface area contributed by atoms with Crippen LogP contribution in [0.1, 0.15) is 38.1 Å². The maximum atomic E-state index is 13.1. The Bertz CT molecular complexity index is 708. The van der Waals surface area contributed by atoms with Crippen LogP contribution in [0.2, 0.25) is 0 Å². The highest BCUT2D eigenvalue weighted by molar-refractivity contribution is 5.98. The Kier molecular flexibility index (Phi) is 7.27. The highest BCUT2D eigenvalue weighted by Crippen LogP contribution is 2.21. The highest BCUT2D eigenvalue weighted by Gasteiger charge is 2.34. The summed E-state index contributed by atoms with van der Waals surface area (Å²) in [6.07, 6.45) is 0.199. The van der Waals surface area contributed by atoms with E-state index in [2.05, 4.69) is 24.1 Å². The molecule has 2 aliphatic heterocycles. The maximum Gasteiger partial charge on any atom is 0.254 e. The Hall–Kier alpha value is -1.96. The summed E-state index contributed by atoms with van der Waals surface area (Å²) in [6, 6.07) is 6.95. The molecule has 0 spiro atoms. The molecule has 1 N–H and O–H groups in total. The SMILES string of the molecule is CC1CN(C(C(=O)Nc2cccc(C(=O)N3CCOCC3)c2)C(C)C)CC(C)O1. The van der Waals surface area contributed by atoms with Gasteiger partial charge >= 0.3 is 0 Å². The Balaban J connectivity index is 1.70. The molecular formula is C22H33N3O4. The van der Waals surface area contributed by atoms with E-state index in [9.17, 15) is 9.59 Å². The van der Waals surface area contributed by atoms with Crippen molar-refractivity contribution in [2.75, 3.05) is 44.7 Å². The summed E-state index contributed by atoms with van der Waals surface area (Å²) in [5.74, 6) is 0.0866. The Morgan fingerprint density at radius 3 is 2.38 bits per heavy atom. The van der Waals surface area contributed by atoms with Crippen LogP contribution in [0.25, 0.3) is 0 Å². The molecule has 160 valence electrons. The second kappa shape index (κ2) is 9.69. The van der Waals surface area contributed by atoms with E-state index >= 15 is 0 Å². The van der Waals surface area contributed by atoms with Crippen LogP contribution in [-0.4, -0.2) is 79.3 Å². The first kappa shape index (κ1) is 21.7. The minimum absolute atomic E-state index is 0.0272. The van der Waals surface area contributed by atoms with E-state index in [1.54, 1.807) is 17.0 Å². The van der Waals surface area contributed by atoms with Crippen LogP contribution in [-0.2, 0) is 14.3 Å². The van der Waals surface area contributed by atoms with Gasteiger partial charge in [0.1, 0.15) is 0 Å². The van der Waals surface area contributed by atoms with E-state index in [1.807, 2.05) is 26.0 Å². The summed E-state index contributed by atoms with van der Waals surface area (Å²) in [5.41, 5.74) is 1.23. The fourth-order valence-electron chi connectivity index (χ4n) is 4.23. The molecule has 3 atom stereocenters. The van der Waals surface area contributed by atoms with E-state index in [1.165, 1.54) is 0 Å². The molecule has 1 aromatic carbocycles. The second-order valence-corrected chi connectivity index (χ2v) is 8.37. The summed E-state index contributed by atoms with van der Waals surface area (Å²) >= 11 is 0. The van der Waals surface area contributed by atoms with Crippen molar-refractivity contribution in [1.82, 2.24) is 9.80 Å². The first-order chi connectivity index (χ1) is 13.8. The Morgan fingerprint density at radius 2 is 1.76 bits per heavy atom. The monoisotopic (exact) mass is 403 g/mol. The van der Waals surface area contributed by atoms with Crippen molar-refractivity contribution in [3.63, 3.8) is 0 Å². The van der Waals surface area contributed by atoms with Gasteiger partial charge < -0.3 is 19.7 Å². The first-order valence-corrected chi connectivity index (χ1v) is 10.5. The Labute approximate surface area is 173 Å². The zero-order valence-corrected chi connectivity index (χ0v) is 17.9. The zero-order chi connectivity index (χ0) is 21.0. The molecule has 0 aliphatic carbocycles. The van der Waals surface area contributed by atoms with Crippen molar-refractivity contribution in [3.05, 3.63) is 29.8 Å². The quantitative estimate of drug-likeness (QED) is 0.816. The van der Waals surface area contributed by atoms with Crippen molar-refractivity contribution in [2.45, 2.75) is 45.9 Å². The van der Waals surface area contributed by atoms with Gasteiger partial charge in [-0.05, 0) is 38.0 Å². The summed E-state index contributed by atoms with van der Waals surface area (Å²) in [5, 5.41) is 3.03. The lowest BCUT2D eigenvalue weighted by molar-refractivity contribution is -0.130. The minimum Gasteiger partial charge on any atom is -0.378 e. The average molecular weight is 404 g/mol. The largest absolute Gasteiger partial charge is 0.378 e. The van der Waals surface area contributed by atoms with Crippen LogP contribution in [0.3, 0.4) is 0 Å². The Morgan fingerprint density at radius 1 is 1.10 bits per heavy atom. The van der Waals surface area contributed by atoms with Crippen molar-refractivity contribution >= 4 is 17.5 Å². The number of rotatable bonds is 5. The molecule has 3 rings (SSSR count). The predicted octanol–water partition coefficient (Wildman–Crippen LogP) is 2.23. The normalized spacial score (nSPS) is 24.4. The molecule has 0 radical (unpaired) electrons. The van der Waals surface area contributed by atoms with Gasteiger partial charge in [0.05, 0.1) is 31.5 Å². The number of nitrogens with one attached hydrogen (secondary N) is 1. The molecule has 1 aromatic rings. The van der Waals surface area contributed by atoms with Gasteiger partial charge in [-0.2, -0.15) is 0 Å². The topological polar surface area (TPSA) is 71.1 Å². The number of benzene rings is 1. The molecule has 7 heteroatoms. The van der Waals surface area contributed by atoms with Crippen molar-refractivity contribution in [3.8, 4) is 0 Å². The summed E-state index contributed by atoms with van der Waals surface area (Å²) in [6.45, 7) is 12.0. The van der Waals surface area contributed by atoms with Crippen molar-refractivity contribution in [1.29, 1.82) is 0 Å². The van der Waals surface area contributed by atoms with Crippen molar-refractivity contribution < 1.29 is 19.1 Å². The predicted molar refractivity (Wildman–Crippen MR) is 112 cm³/mol. The third-order valence-electron chi connectivity index (χ3n) is 5.42. The molecule has 2 saturated heterocycles. The second-order valence-electron chi connectivity index (χ2n) is 8.37. The van der Waals surface area contributed by atoms with E-state index in [4.69, 9.17) is 9.47 Å². The molecule has 2 heterocycles. The van der Waals surface area contributed by atoms with Gasteiger partial charge in [0.15, 0.2) is 0 Å². The molecule has 2 aliphatic rings. The van der Waals surface area contributed by atoms with Gasteiger partial charge in [0, 0.05) is 37.4 Å². The molecule has 29 heavy (non-hydrogen) atoms. The molecular weight excluding hydrogens is 370 g/mol. The van der Waals surface area contributed by atoms with E-state index < -0.39 is 0 Å². The molecule has 7 nitrogen and oxygen atoms in total. The lowest BCUT2D eigenvalue weighted by Gasteiger charge is -2.41. The molecule has 0 saturated carbocycles. The van der Waals surface area contributed by atoms with Gasteiger partial charge in [-0.3, -0.25) is 14.5 Å². The van der Waals surface area contributed by atoms with Crippen LogP contribution in [0.5, 0.6) is 0 Å². The van der Waals surface area contributed by atoms with Crippen LogP contribution < -0.4 is 5.32 Å². The summed E-state index contributed by atoms with van der Waals surface area (Å²) in [7, 11) is 0. The van der Waals surface area contributed by atoms with Crippen LogP contribution in [0, 0.1) is 5.92 Å². The lowest BCUT2D eigenvalue weighted by Crippen LogP contribution is -2.55. The number of morpholine rings is 2. The molecule has 0 aromatic heterocycles. The number of nitrogens with zero attached hydrogens (tertiary/aromatic N) is 2. The molecule has 3 unspecified atom stereocenters. The third-order valence-corrected chi connectivity index (χ3v) is 5.42. The average Bonchev–Trinajstić information content (AvgIpc) is 2.67. The number of ether oxygens (including phenoxy) is 2. The number of hydrogen-bond acceptors (Lipinski definition) is 5. The minimum atomic E-state index is -0.248. The van der Waals surface area contributed by atoms with E-state index in [0.29, 0.717) is 37.6 Å². The van der Waals surface area contributed by atoms with Crippen LogP contribution in [0.15, 0.2) is 24.3 Å². The smallest absolute Gasteiger partial charge is 0.254 e. The van der Waals surface area contributed by atoms with Gasteiger partial charge in [-0.1, -0.05) is 19.9 Å². The van der Waals surface area contributed by atoms with Gasteiger partial charge in [-0.25, -0.2) is 0 Å². The van der Waals surface area contributed by atoms with Gasteiger partial charge in [0.25, 0.3) is 5.91 Å². The number of carbonyl (C=O) groups is 2. The van der Waals surface area contributed by atoms with Crippen molar-refractivity contribution in [2.24, 2.45) is 5.92 Å². The third kappa shape index (κ3) is 5.56. The summed E-state index contributed by atoms with van der Waals surface area (Å²) < 4.78 is 11.1. The fourth-order valence-corrected chi connectivity index (χ4v) is 4.23. The molecule has 2 amide bonds. The number of hydrogen-bond donors (Lipinski definition) is 1. The highest BCUT2D eigenvalue weighted by atomic mass is 16.5. The molecule has 0 bridgehead atoms. The van der Waals surface area contributed by atoms with Gasteiger partial charge in [-0.15, -0.1) is 0 Å². The maximum absolute atomic E-state index is 13.1. The van der Waals surface area contributed by atoms with Crippen LogP contribution >= 0.6 is 0 Å². The molecule has 2 fully saturated rings. The standard InChI is InChI=1S/C22H33N3O4/c1-15(2)20(25-13-16(3)29-17(4)14-25)21(26)23-19-7-5-6-18(12-19)22(27)24-8-10-28-11-9-24/h5-7,12,15-17,20H,8-11,13-14H2,1-4H3,(H,23,26). The van der Waals surface area contributed by atoms with Crippen LogP contribution in [0.4, 0.5) is 5.69 Å². The van der Waals surface area contributed by atoms with Gasteiger partial charge in [0.2, 0.25) is 5.91 Å². The summed E-state index contributed by atoms with van der Waals surface area (Å²) in [4.78, 5) is 29.9. The van der Waals surface area contributed by atoms with E-state index in [0.717, 1.165) is 13.1 Å². The number of anilines is 1. The fraction of sp³-hybridized carbons (Fsp3) is 0.636.